The summed E-state index contributed by atoms with van der Waals surface area (Å²) >= 11 is 0. The highest BCUT2D eigenvalue weighted by molar-refractivity contribution is 6.15. The average Bonchev–Trinajstić information content (AvgIpc) is 3.47. The van der Waals surface area contributed by atoms with Crippen molar-refractivity contribution in [2.45, 2.75) is 6.92 Å². The van der Waals surface area contributed by atoms with Gasteiger partial charge < -0.3 is 19.7 Å². The number of carbonyl (C=O) groups is 2. The number of carbonyl (C=O) groups excluding carboxylic acids is 2. The van der Waals surface area contributed by atoms with Gasteiger partial charge in [0.05, 0.1) is 12.8 Å². The van der Waals surface area contributed by atoms with Gasteiger partial charge in [0, 0.05) is 63.4 Å². The van der Waals surface area contributed by atoms with E-state index < -0.39 is 5.97 Å². The summed E-state index contributed by atoms with van der Waals surface area (Å²) < 4.78 is 5.04. The fourth-order valence-electron chi connectivity index (χ4n) is 4.11. The molecule has 0 atom stereocenters. The Morgan fingerprint density at radius 1 is 0.767 bits per heavy atom. The minimum absolute atomic E-state index is 0.161. The van der Waals surface area contributed by atoms with Gasteiger partial charge in [0.15, 0.2) is 5.78 Å². The first-order chi connectivity index (χ1) is 14.6. The lowest BCUT2D eigenvalue weighted by molar-refractivity contribution is 0.0595. The fraction of sp³-hybridized carbons (Fsp3) is 0.0833. The molecule has 0 radical (unpaired) electrons. The summed E-state index contributed by atoms with van der Waals surface area (Å²) in [7, 11) is 1.33. The van der Waals surface area contributed by atoms with Crippen molar-refractivity contribution in [3.8, 4) is 22.3 Å². The number of Topliss-reactive ketones (excluding diaryl/α,β-unsaturated/α-hetero) is 1. The number of aromatic nitrogens is 3. The third-order valence-electron chi connectivity index (χ3n) is 5.46. The van der Waals surface area contributed by atoms with E-state index in [0.29, 0.717) is 16.8 Å². The molecule has 3 aromatic heterocycles. The zero-order valence-electron chi connectivity index (χ0n) is 16.5. The molecule has 0 saturated heterocycles. The van der Waals surface area contributed by atoms with Gasteiger partial charge in [-0.1, -0.05) is 36.4 Å². The van der Waals surface area contributed by atoms with Crippen molar-refractivity contribution in [3.05, 3.63) is 72.3 Å². The van der Waals surface area contributed by atoms with Crippen LogP contribution in [0.5, 0.6) is 0 Å². The molecule has 0 amide bonds. The van der Waals surface area contributed by atoms with Crippen molar-refractivity contribution >= 4 is 33.6 Å². The van der Waals surface area contributed by atoms with Crippen molar-refractivity contribution in [3.63, 3.8) is 0 Å². The number of aromatic amines is 3. The summed E-state index contributed by atoms with van der Waals surface area (Å²) in [6, 6.07) is 15.7. The van der Waals surface area contributed by atoms with Crippen molar-refractivity contribution in [1.82, 2.24) is 15.0 Å². The molecule has 0 spiro atoms. The van der Waals surface area contributed by atoms with Crippen molar-refractivity contribution in [1.29, 1.82) is 0 Å². The molecule has 0 unspecified atom stereocenters. The Labute approximate surface area is 171 Å². The molecule has 0 saturated carbocycles. The normalized spacial score (nSPS) is 11.3. The summed E-state index contributed by atoms with van der Waals surface area (Å²) in [5.41, 5.74) is 5.54. The van der Waals surface area contributed by atoms with Crippen LogP contribution in [0.25, 0.3) is 44.1 Å². The molecule has 0 aliphatic rings. The number of para-hydroxylation sites is 2. The first-order valence-corrected chi connectivity index (χ1v) is 9.58. The monoisotopic (exact) mass is 397 g/mol. The average molecular weight is 397 g/mol. The third-order valence-corrected chi connectivity index (χ3v) is 5.46. The zero-order valence-corrected chi connectivity index (χ0v) is 16.5. The van der Waals surface area contributed by atoms with Gasteiger partial charge in [-0.25, -0.2) is 4.79 Å². The van der Waals surface area contributed by atoms with Crippen molar-refractivity contribution < 1.29 is 14.3 Å². The lowest BCUT2D eigenvalue weighted by Crippen LogP contribution is -2.04. The van der Waals surface area contributed by atoms with Crippen LogP contribution in [0.2, 0.25) is 0 Å². The molecule has 5 aromatic rings. The summed E-state index contributed by atoms with van der Waals surface area (Å²) in [6.45, 7) is 1.49. The Hall–Kier alpha value is -4.06. The van der Waals surface area contributed by atoms with Gasteiger partial charge in [0.25, 0.3) is 0 Å². The second-order valence-electron chi connectivity index (χ2n) is 7.17. The van der Waals surface area contributed by atoms with Gasteiger partial charge in [-0.2, -0.15) is 0 Å². The molecule has 0 bridgehead atoms. The number of nitrogens with one attached hydrogen (secondary N) is 3. The van der Waals surface area contributed by atoms with Crippen LogP contribution in [0, 0.1) is 0 Å². The molecule has 0 fully saturated rings. The second kappa shape index (κ2) is 6.77. The van der Waals surface area contributed by atoms with Gasteiger partial charge in [-0.05, 0) is 12.1 Å². The van der Waals surface area contributed by atoms with E-state index in [1.807, 2.05) is 60.9 Å². The number of hydrogen-bond acceptors (Lipinski definition) is 3. The number of esters is 1. The van der Waals surface area contributed by atoms with Crippen LogP contribution < -0.4 is 0 Å². The number of ether oxygens (including phenoxy) is 1. The predicted octanol–water partition coefficient (Wildman–Crippen LogP) is 5.30. The van der Waals surface area contributed by atoms with E-state index in [2.05, 4.69) is 15.0 Å². The molecule has 6 nitrogen and oxygen atoms in total. The minimum atomic E-state index is -0.524. The van der Waals surface area contributed by atoms with Gasteiger partial charge in [-0.15, -0.1) is 0 Å². The van der Waals surface area contributed by atoms with Crippen LogP contribution >= 0.6 is 0 Å². The van der Waals surface area contributed by atoms with Gasteiger partial charge in [-0.3, -0.25) is 4.79 Å². The zero-order chi connectivity index (χ0) is 20.8. The highest BCUT2D eigenvalue weighted by Gasteiger charge is 2.29. The number of fused-ring (bicyclic) bond motifs is 2. The molecule has 2 aromatic carbocycles. The van der Waals surface area contributed by atoms with E-state index in [4.69, 9.17) is 4.74 Å². The third kappa shape index (κ3) is 2.58. The number of methoxy groups -OCH3 is 1. The highest BCUT2D eigenvalue weighted by Crippen LogP contribution is 2.43. The van der Waals surface area contributed by atoms with E-state index in [0.717, 1.165) is 32.9 Å². The van der Waals surface area contributed by atoms with Crippen molar-refractivity contribution in [2.75, 3.05) is 7.11 Å². The molecule has 148 valence electrons. The van der Waals surface area contributed by atoms with E-state index in [1.165, 1.54) is 14.0 Å². The topological polar surface area (TPSA) is 90.7 Å². The largest absolute Gasteiger partial charge is 0.464 e. The second-order valence-corrected chi connectivity index (χ2v) is 7.17. The lowest BCUT2D eigenvalue weighted by atomic mass is 9.93. The van der Waals surface area contributed by atoms with Crippen LogP contribution in [0.4, 0.5) is 0 Å². The number of ketones is 1. The first kappa shape index (κ1) is 18.0. The number of hydrogen-bond donors (Lipinski definition) is 3. The summed E-state index contributed by atoms with van der Waals surface area (Å²) in [5, 5.41) is 1.93. The quantitative estimate of drug-likeness (QED) is 0.284. The van der Waals surface area contributed by atoms with Crippen LogP contribution in [-0.4, -0.2) is 33.8 Å². The van der Waals surface area contributed by atoms with E-state index in [9.17, 15) is 9.59 Å². The Balaban J connectivity index is 1.93. The molecular weight excluding hydrogens is 378 g/mol. The summed E-state index contributed by atoms with van der Waals surface area (Å²) in [5.74, 6) is -0.685. The Morgan fingerprint density at radius 3 is 1.77 bits per heavy atom. The first-order valence-electron chi connectivity index (χ1n) is 9.58. The Morgan fingerprint density at radius 2 is 1.27 bits per heavy atom. The SMILES string of the molecule is COC(=O)c1[nH]c(C(C)=O)c(-c2c[nH]c3ccccc23)c1-c1c[nH]c2ccccc12. The van der Waals surface area contributed by atoms with E-state index >= 15 is 0 Å². The lowest BCUT2D eigenvalue weighted by Gasteiger charge is -2.07. The summed E-state index contributed by atoms with van der Waals surface area (Å²) in [6.07, 6.45) is 3.74. The smallest absolute Gasteiger partial charge is 0.355 e. The van der Waals surface area contributed by atoms with Gasteiger partial charge in [0.2, 0.25) is 0 Å². The molecule has 3 heterocycles. The van der Waals surface area contributed by atoms with E-state index in [-0.39, 0.29) is 11.5 Å². The maximum atomic E-state index is 12.7. The molecule has 0 aliphatic carbocycles. The van der Waals surface area contributed by atoms with E-state index in [1.54, 1.807) is 0 Å². The maximum absolute atomic E-state index is 12.7. The van der Waals surface area contributed by atoms with Gasteiger partial charge >= 0.3 is 5.97 Å². The Bertz CT molecular complexity index is 1430. The molecule has 0 aliphatic heterocycles. The number of rotatable bonds is 4. The number of benzene rings is 2. The molecule has 5 rings (SSSR count). The molecule has 30 heavy (non-hydrogen) atoms. The molecule has 3 N–H and O–H groups in total. The molecular formula is C24H19N3O3. The van der Waals surface area contributed by atoms with Gasteiger partial charge in [0.1, 0.15) is 5.69 Å². The molecule has 6 heteroatoms. The summed E-state index contributed by atoms with van der Waals surface area (Å²) in [4.78, 5) is 34.9. The fourth-order valence-corrected chi connectivity index (χ4v) is 4.11. The van der Waals surface area contributed by atoms with Crippen LogP contribution in [0.1, 0.15) is 27.9 Å². The maximum Gasteiger partial charge on any atom is 0.355 e. The van der Waals surface area contributed by atoms with Crippen LogP contribution in [-0.2, 0) is 4.74 Å². The highest BCUT2D eigenvalue weighted by atomic mass is 16.5. The van der Waals surface area contributed by atoms with Crippen LogP contribution in [0.15, 0.2) is 60.9 Å². The Kier molecular flexibility index (Phi) is 4.06. The van der Waals surface area contributed by atoms with Crippen LogP contribution in [0.3, 0.4) is 0 Å². The van der Waals surface area contributed by atoms with Crippen molar-refractivity contribution in [2.24, 2.45) is 0 Å². The number of H-pyrrole nitrogens is 3. The predicted molar refractivity (Wildman–Crippen MR) is 117 cm³/mol. The standard InChI is InChI=1S/C24H19N3O3/c1-13(28)22-20(16-11-25-18-9-5-3-7-14(16)18)21(23(27-22)24(29)30-2)17-12-26-19-10-6-4-8-15(17)19/h3-12,25-27H,1-2H3. The minimum Gasteiger partial charge on any atom is -0.464 e.